The molecule has 1 N–H and O–H groups in total. The summed E-state index contributed by atoms with van der Waals surface area (Å²) in [4.78, 5) is 0. The van der Waals surface area contributed by atoms with E-state index in [-0.39, 0.29) is 19.1 Å². The van der Waals surface area contributed by atoms with Gasteiger partial charge >= 0.3 is 0 Å². The van der Waals surface area contributed by atoms with Crippen molar-refractivity contribution in [3.63, 3.8) is 0 Å². The molecule has 0 unspecified atom stereocenters. The Kier molecular flexibility index (Phi) is 6.95. The van der Waals surface area contributed by atoms with E-state index in [4.69, 9.17) is 9.84 Å². The second-order valence-corrected chi connectivity index (χ2v) is 6.60. The van der Waals surface area contributed by atoms with Crippen LogP contribution in [0.2, 0.25) is 0 Å². The predicted molar refractivity (Wildman–Crippen MR) is 73.9 cm³/mol. The third kappa shape index (κ3) is 4.54. The molecule has 19 heavy (non-hydrogen) atoms. The quantitative estimate of drug-likeness (QED) is 0.643. The molecule has 0 aliphatic carbocycles. The van der Waals surface area contributed by atoms with Crippen LogP contribution in [0.4, 0.5) is 0 Å². The van der Waals surface area contributed by atoms with E-state index >= 15 is 0 Å². The Balaban J connectivity index is 2.68. The highest BCUT2D eigenvalue weighted by atomic mass is 32.2. The van der Waals surface area contributed by atoms with E-state index in [0.29, 0.717) is 39.1 Å². The molecule has 1 aliphatic heterocycles. The van der Waals surface area contributed by atoms with Gasteiger partial charge in [0, 0.05) is 39.9 Å². The first-order valence-corrected chi connectivity index (χ1v) is 7.91. The van der Waals surface area contributed by atoms with Crippen molar-refractivity contribution in [3.05, 3.63) is 12.7 Å². The van der Waals surface area contributed by atoms with Crippen LogP contribution in [0.5, 0.6) is 0 Å². The summed E-state index contributed by atoms with van der Waals surface area (Å²) in [6.07, 6.45) is 3.00. The highest BCUT2D eigenvalue weighted by Gasteiger charge is 2.31. The van der Waals surface area contributed by atoms with E-state index in [0.717, 1.165) is 0 Å². The normalized spacial score (nSPS) is 18.9. The number of aliphatic hydroxyl groups is 1. The summed E-state index contributed by atoms with van der Waals surface area (Å²) in [7, 11) is -1.91. The molecule has 0 aromatic heterocycles. The van der Waals surface area contributed by atoms with Crippen molar-refractivity contribution in [1.29, 1.82) is 0 Å². The maximum Gasteiger partial charge on any atom is 0.282 e. The number of methoxy groups -OCH3 is 1. The van der Waals surface area contributed by atoms with Crippen LogP contribution in [0.25, 0.3) is 0 Å². The lowest BCUT2D eigenvalue weighted by atomic mass is 10.00. The number of ether oxygens (including phenoxy) is 1. The second-order valence-electron chi connectivity index (χ2n) is 4.67. The lowest BCUT2D eigenvalue weighted by Crippen LogP contribution is -2.48. The third-order valence-electron chi connectivity index (χ3n) is 3.36. The molecule has 0 spiro atoms. The molecule has 0 aromatic carbocycles. The monoisotopic (exact) mass is 292 g/mol. The predicted octanol–water partition coefficient (Wildman–Crippen LogP) is 0.0699. The standard InChI is InChI=1S/C12H24N2O4S/c1-3-6-13(9-10-18-2)19(16,17)14-7-4-12(11-15)5-8-14/h3,12,15H,1,4-11H2,2H3. The molecule has 0 atom stereocenters. The van der Waals surface area contributed by atoms with Crippen molar-refractivity contribution in [2.75, 3.05) is 46.5 Å². The van der Waals surface area contributed by atoms with Gasteiger partial charge in [0.2, 0.25) is 0 Å². The summed E-state index contributed by atoms with van der Waals surface area (Å²) in [5.74, 6) is 0.221. The van der Waals surface area contributed by atoms with Gasteiger partial charge in [-0.3, -0.25) is 0 Å². The summed E-state index contributed by atoms with van der Waals surface area (Å²) in [6, 6.07) is 0. The van der Waals surface area contributed by atoms with E-state index in [1.165, 1.54) is 8.61 Å². The van der Waals surface area contributed by atoms with Gasteiger partial charge in [-0.25, -0.2) is 0 Å². The molecule has 1 saturated heterocycles. The SMILES string of the molecule is C=CCN(CCOC)S(=O)(=O)N1CCC(CO)CC1. The average Bonchev–Trinajstić information content (AvgIpc) is 2.43. The molecular formula is C12H24N2O4S. The van der Waals surface area contributed by atoms with Gasteiger partial charge in [-0.05, 0) is 18.8 Å². The number of hydrogen-bond acceptors (Lipinski definition) is 4. The number of rotatable bonds is 8. The summed E-state index contributed by atoms with van der Waals surface area (Å²) >= 11 is 0. The van der Waals surface area contributed by atoms with Crippen LogP contribution in [0.15, 0.2) is 12.7 Å². The van der Waals surface area contributed by atoms with Gasteiger partial charge in [0.05, 0.1) is 6.61 Å². The fourth-order valence-corrected chi connectivity index (χ4v) is 3.72. The first kappa shape index (κ1) is 16.6. The molecule has 0 radical (unpaired) electrons. The molecule has 1 aliphatic rings. The van der Waals surface area contributed by atoms with E-state index in [9.17, 15) is 8.42 Å². The Morgan fingerprint density at radius 1 is 1.47 bits per heavy atom. The Labute approximate surface area is 115 Å². The minimum atomic E-state index is -3.46. The van der Waals surface area contributed by atoms with Gasteiger partial charge in [0.25, 0.3) is 10.2 Å². The van der Waals surface area contributed by atoms with Crippen LogP contribution in [0, 0.1) is 5.92 Å². The minimum absolute atomic E-state index is 0.133. The molecule has 0 amide bonds. The van der Waals surface area contributed by atoms with Crippen LogP contribution >= 0.6 is 0 Å². The fraction of sp³-hybridized carbons (Fsp3) is 0.833. The number of piperidine rings is 1. The molecule has 0 saturated carbocycles. The number of aliphatic hydroxyl groups excluding tert-OH is 1. The lowest BCUT2D eigenvalue weighted by molar-refractivity contribution is 0.159. The molecule has 0 aromatic rings. The van der Waals surface area contributed by atoms with Gasteiger partial charge < -0.3 is 9.84 Å². The summed E-state index contributed by atoms with van der Waals surface area (Å²) in [5.41, 5.74) is 0. The van der Waals surface area contributed by atoms with Gasteiger partial charge in [0.1, 0.15) is 0 Å². The Morgan fingerprint density at radius 3 is 2.58 bits per heavy atom. The third-order valence-corrected chi connectivity index (χ3v) is 5.36. The molecule has 1 fully saturated rings. The first-order valence-electron chi connectivity index (χ1n) is 6.52. The van der Waals surface area contributed by atoms with Gasteiger partial charge in [-0.2, -0.15) is 17.0 Å². The van der Waals surface area contributed by atoms with Gasteiger partial charge in [-0.1, -0.05) is 6.08 Å². The van der Waals surface area contributed by atoms with E-state index in [2.05, 4.69) is 6.58 Å². The first-order chi connectivity index (χ1) is 9.06. The van der Waals surface area contributed by atoms with E-state index in [1.54, 1.807) is 13.2 Å². The molecule has 1 heterocycles. The number of hydrogen-bond donors (Lipinski definition) is 1. The summed E-state index contributed by atoms with van der Waals surface area (Å²) in [5, 5.41) is 9.08. The molecule has 112 valence electrons. The maximum absolute atomic E-state index is 12.5. The van der Waals surface area contributed by atoms with Crippen molar-refractivity contribution in [1.82, 2.24) is 8.61 Å². The van der Waals surface area contributed by atoms with E-state index < -0.39 is 10.2 Å². The zero-order valence-corrected chi connectivity index (χ0v) is 12.3. The molecule has 1 rings (SSSR count). The zero-order chi connectivity index (χ0) is 14.3. The minimum Gasteiger partial charge on any atom is -0.396 e. The summed E-state index contributed by atoms with van der Waals surface area (Å²) in [6.45, 7) is 5.63. The maximum atomic E-state index is 12.5. The largest absolute Gasteiger partial charge is 0.396 e. The fourth-order valence-electron chi connectivity index (χ4n) is 2.12. The Hall–Kier alpha value is -0.470. The molecule has 7 heteroatoms. The average molecular weight is 292 g/mol. The lowest BCUT2D eigenvalue weighted by Gasteiger charge is -2.34. The highest BCUT2D eigenvalue weighted by molar-refractivity contribution is 7.86. The molecular weight excluding hydrogens is 268 g/mol. The van der Waals surface area contributed by atoms with Crippen LogP contribution in [0.3, 0.4) is 0 Å². The number of nitrogens with zero attached hydrogens (tertiary/aromatic N) is 2. The topological polar surface area (TPSA) is 70.1 Å². The van der Waals surface area contributed by atoms with Crippen LogP contribution < -0.4 is 0 Å². The zero-order valence-electron chi connectivity index (χ0n) is 11.5. The van der Waals surface area contributed by atoms with Crippen LogP contribution in [-0.4, -0.2) is 68.6 Å². The Bertz CT molecular complexity index is 364. The van der Waals surface area contributed by atoms with Gasteiger partial charge in [0.15, 0.2) is 0 Å². The van der Waals surface area contributed by atoms with Crippen LogP contribution in [0.1, 0.15) is 12.8 Å². The smallest absolute Gasteiger partial charge is 0.282 e. The Morgan fingerprint density at radius 2 is 2.11 bits per heavy atom. The molecule has 6 nitrogen and oxygen atoms in total. The van der Waals surface area contributed by atoms with Crippen molar-refractivity contribution >= 4 is 10.2 Å². The summed E-state index contributed by atoms with van der Waals surface area (Å²) < 4.78 is 32.7. The van der Waals surface area contributed by atoms with Crippen LogP contribution in [-0.2, 0) is 14.9 Å². The van der Waals surface area contributed by atoms with Crippen molar-refractivity contribution < 1.29 is 18.3 Å². The highest BCUT2D eigenvalue weighted by Crippen LogP contribution is 2.20. The molecule has 0 bridgehead atoms. The van der Waals surface area contributed by atoms with Crippen molar-refractivity contribution in [2.45, 2.75) is 12.8 Å². The van der Waals surface area contributed by atoms with E-state index in [1.807, 2.05) is 0 Å². The van der Waals surface area contributed by atoms with Crippen molar-refractivity contribution in [3.8, 4) is 0 Å². The second kappa shape index (κ2) is 7.96. The van der Waals surface area contributed by atoms with Gasteiger partial charge in [-0.15, -0.1) is 6.58 Å². The van der Waals surface area contributed by atoms with Crippen molar-refractivity contribution in [2.24, 2.45) is 5.92 Å².